The highest BCUT2D eigenvalue weighted by atomic mass is 35.5. The zero-order valence-corrected chi connectivity index (χ0v) is 7.31. The van der Waals surface area contributed by atoms with Gasteiger partial charge in [0.15, 0.2) is 0 Å². The van der Waals surface area contributed by atoms with Crippen molar-refractivity contribution in [2.45, 2.75) is 12.5 Å². The molecule has 0 radical (unpaired) electrons. The normalized spacial score (nSPS) is 20.8. The summed E-state index contributed by atoms with van der Waals surface area (Å²) in [4.78, 5) is 10.3. The Bertz CT molecular complexity index is 261. The molecule has 0 amide bonds. The smallest absolute Gasteiger partial charge is 0.404 e. The number of halogens is 1. The van der Waals surface area contributed by atoms with E-state index in [0.717, 1.165) is 0 Å². The van der Waals surface area contributed by atoms with E-state index in [2.05, 4.69) is 4.74 Å². The highest BCUT2D eigenvalue weighted by Crippen LogP contribution is 2.15. The van der Waals surface area contributed by atoms with Gasteiger partial charge >= 0.3 is 5.43 Å². The lowest BCUT2D eigenvalue weighted by molar-refractivity contribution is -0.275. The fourth-order valence-corrected chi connectivity index (χ4v) is 1.06. The third-order valence-electron chi connectivity index (χ3n) is 1.52. The third kappa shape index (κ3) is 3.06. The second-order valence-corrected chi connectivity index (χ2v) is 2.72. The van der Waals surface area contributed by atoms with Crippen molar-refractivity contribution in [3.05, 3.63) is 23.9 Å². The monoisotopic (exact) mass is 205 g/mol. The van der Waals surface area contributed by atoms with Gasteiger partial charge in [0.2, 0.25) is 0 Å². The topological polar surface area (TPSA) is 70.0 Å². The maximum Gasteiger partial charge on any atom is 0.404 e. The van der Waals surface area contributed by atoms with Crippen LogP contribution < -0.4 is 0 Å². The first-order chi connectivity index (χ1) is 6.09. The maximum atomic E-state index is 10.3. The predicted octanol–water partition coefficient (Wildman–Crippen LogP) is 1.65. The summed E-state index contributed by atoms with van der Waals surface area (Å²) < 4.78 is 4.63. The molecule has 1 unspecified atom stereocenters. The Morgan fingerprint density at radius 2 is 2.38 bits per heavy atom. The third-order valence-corrected chi connectivity index (χ3v) is 1.60. The quantitative estimate of drug-likeness (QED) is 0.530. The summed E-state index contributed by atoms with van der Waals surface area (Å²) in [5, 5.41) is 17.2. The molecular weight excluding hydrogens is 198 g/mol. The average molecular weight is 206 g/mol. The number of rotatable bonds is 2. The Hall–Kier alpha value is -1.04. The summed E-state index contributed by atoms with van der Waals surface area (Å²) in [5.74, 6) is 0. The van der Waals surface area contributed by atoms with Gasteiger partial charge in [-0.25, -0.2) is 4.79 Å². The van der Waals surface area contributed by atoms with Crippen LogP contribution in [0.3, 0.4) is 0 Å². The van der Waals surface area contributed by atoms with Crippen molar-refractivity contribution < 1.29 is 19.9 Å². The van der Waals surface area contributed by atoms with Crippen LogP contribution in [0.5, 0.6) is 0 Å². The zero-order valence-electron chi connectivity index (χ0n) is 6.55. The molecule has 0 spiro atoms. The fraction of sp³-hybridized carbons (Fsp3) is 0.286. The van der Waals surface area contributed by atoms with Gasteiger partial charge in [-0.05, 0) is 12.2 Å². The van der Waals surface area contributed by atoms with Crippen molar-refractivity contribution in [1.82, 2.24) is 5.23 Å². The van der Waals surface area contributed by atoms with Crippen LogP contribution in [0.2, 0.25) is 0 Å². The largest absolute Gasteiger partial charge is 0.446 e. The number of hydrogen-bond donors (Lipinski definition) is 2. The molecule has 0 saturated carbocycles. The van der Waals surface area contributed by atoms with Gasteiger partial charge in [0.25, 0.3) is 0 Å². The SMILES string of the molecule is O=C(Cl)OC1C=CC(N(O)O)=CC1. The second-order valence-electron chi connectivity index (χ2n) is 2.41. The zero-order chi connectivity index (χ0) is 9.84. The average Bonchev–Trinajstić information content (AvgIpc) is 2.04. The second kappa shape index (κ2) is 4.27. The van der Waals surface area contributed by atoms with E-state index in [-0.39, 0.29) is 10.9 Å². The Morgan fingerprint density at radius 1 is 1.69 bits per heavy atom. The van der Waals surface area contributed by atoms with Gasteiger partial charge in [-0.3, -0.25) is 10.4 Å². The van der Waals surface area contributed by atoms with E-state index in [9.17, 15) is 4.79 Å². The van der Waals surface area contributed by atoms with E-state index in [1.807, 2.05) is 0 Å². The molecule has 0 fully saturated rings. The van der Waals surface area contributed by atoms with Gasteiger partial charge in [-0.2, -0.15) is 0 Å². The molecular formula is C7H8ClNO4. The van der Waals surface area contributed by atoms with Crippen LogP contribution in [0.1, 0.15) is 6.42 Å². The van der Waals surface area contributed by atoms with E-state index >= 15 is 0 Å². The molecule has 0 saturated heterocycles. The van der Waals surface area contributed by atoms with E-state index in [1.165, 1.54) is 18.2 Å². The summed E-state index contributed by atoms with van der Waals surface area (Å²) in [7, 11) is 0. The van der Waals surface area contributed by atoms with Crippen LogP contribution in [0, 0.1) is 0 Å². The highest BCUT2D eigenvalue weighted by Gasteiger charge is 2.13. The molecule has 0 heterocycles. The first-order valence-electron chi connectivity index (χ1n) is 3.52. The van der Waals surface area contributed by atoms with Gasteiger partial charge < -0.3 is 4.74 Å². The van der Waals surface area contributed by atoms with Crippen molar-refractivity contribution >= 4 is 17.0 Å². The van der Waals surface area contributed by atoms with Gasteiger partial charge in [0.1, 0.15) is 6.10 Å². The summed E-state index contributed by atoms with van der Waals surface area (Å²) in [6.07, 6.45) is 4.35. The van der Waals surface area contributed by atoms with Crippen molar-refractivity contribution in [1.29, 1.82) is 0 Å². The van der Waals surface area contributed by atoms with E-state index < -0.39 is 11.5 Å². The highest BCUT2D eigenvalue weighted by molar-refractivity contribution is 6.61. The molecule has 13 heavy (non-hydrogen) atoms. The Morgan fingerprint density at radius 3 is 2.77 bits per heavy atom. The molecule has 0 aromatic rings. The lowest BCUT2D eigenvalue weighted by Gasteiger charge is -2.17. The minimum absolute atomic E-state index is 0.00473. The molecule has 5 nitrogen and oxygen atoms in total. The van der Waals surface area contributed by atoms with Crippen LogP contribution in [-0.4, -0.2) is 27.2 Å². The summed E-state index contributed by atoms with van der Waals surface area (Å²) >= 11 is 4.99. The summed E-state index contributed by atoms with van der Waals surface area (Å²) in [5.41, 5.74) is -0.654. The molecule has 6 heteroatoms. The molecule has 0 bridgehead atoms. The number of carbonyl (C=O) groups is 1. The minimum Gasteiger partial charge on any atom is -0.446 e. The van der Waals surface area contributed by atoms with Crippen molar-refractivity contribution in [2.24, 2.45) is 0 Å². The lowest BCUT2D eigenvalue weighted by atomic mass is 10.1. The first-order valence-corrected chi connectivity index (χ1v) is 3.90. The van der Waals surface area contributed by atoms with Crippen molar-refractivity contribution in [3.8, 4) is 0 Å². The molecule has 1 aliphatic carbocycles. The van der Waals surface area contributed by atoms with Gasteiger partial charge in [0.05, 0.1) is 5.70 Å². The van der Waals surface area contributed by atoms with Gasteiger partial charge in [-0.1, -0.05) is 6.08 Å². The van der Waals surface area contributed by atoms with Gasteiger partial charge in [-0.15, -0.1) is 5.23 Å². The molecule has 1 atom stereocenters. The standard InChI is InChI=1S/C7H8ClNO4/c8-7(10)13-6-3-1-5(2-4-6)9(11)12/h1-3,6,11-12H,4H2. The molecule has 1 aliphatic rings. The van der Waals surface area contributed by atoms with E-state index in [4.69, 9.17) is 22.0 Å². The molecule has 0 aromatic carbocycles. The number of ether oxygens (including phenoxy) is 1. The minimum atomic E-state index is -0.878. The van der Waals surface area contributed by atoms with Crippen molar-refractivity contribution in [2.75, 3.05) is 0 Å². The molecule has 0 aromatic heterocycles. The molecule has 0 aliphatic heterocycles. The summed E-state index contributed by atoms with van der Waals surface area (Å²) in [6.45, 7) is 0. The van der Waals surface area contributed by atoms with Crippen LogP contribution in [0.15, 0.2) is 23.9 Å². The Balaban J connectivity index is 2.48. The van der Waals surface area contributed by atoms with E-state index in [0.29, 0.717) is 6.42 Å². The molecule has 2 N–H and O–H groups in total. The molecule has 72 valence electrons. The fourth-order valence-electron chi connectivity index (χ4n) is 0.944. The number of carbonyl (C=O) groups excluding carboxylic acids is 1. The Kier molecular flexibility index (Phi) is 3.30. The van der Waals surface area contributed by atoms with E-state index in [1.54, 1.807) is 0 Å². The first kappa shape index (κ1) is 10.0. The molecule has 1 rings (SSSR count). The predicted molar refractivity (Wildman–Crippen MR) is 43.4 cm³/mol. The number of hydrogen-bond acceptors (Lipinski definition) is 5. The number of nitrogens with zero attached hydrogens (tertiary/aromatic N) is 1. The van der Waals surface area contributed by atoms with Crippen LogP contribution >= 0.6 is 11.6 Å². The maximum absolute atomic E-state index is 10.3. The van der Waals surface area contributed by atoms with Gasteiger partial charge in [0, 0.05) is 18.0 Å². The van der Waals surface area contributed by atoms with Crippen LogP contribution in [-0.2, 0) is 4.74 Å². The number of hydroxylamine groups is 2. The number of allylic oxidation sites excluding steroid dienone is 1. The Labute approximate surface area is 79.4 Å². The summed E-state index contributed by atoms with van der Waals surface area (Å²) in [6, 6.07) is 0. The lowest BCUT2D eigenvalue weighted by Crippen LogP contribution is -2.18. The van der Waals surface area contributed by atoms with Crippen molar-refractivity contribution in [3.63, 3.8) is 0 Å². The van der Waals surface area contributed by atoms with Crippen LogP contribution in [0.4, 0.5) is 4.79 Å². The van der Waals surface area contributed by atoms with Crippen LogP contribution in [0.25, 0.3) is 0 Å².